The third-order valence-electron chi connectivity index (χ3n) is 3.87. The monoisotopic (exact) mass is 270 g/mol. The first kappa shape index (κ1) is 16.0. The largest absolute Gasteiger partial charge is 0.481 e. The Balaban J connectivity index is 2.48. The summed E-state index contributed by atoms with van der Waals surface area (Å²) in [4.78, 5) is 24.8. The van der Waals surface area contributed by atoms with Crippen molar-refractivity contribution in [1.82, 2.24) is 4.90 Å². The van der Waals surface area contributed by atoms with Gasteiger partial charge in [0, 0.05) is 26.1 Å². The molecule has 0 spiro atoms. The van der Waals surface area contributed by atoms with Gasteiger partial charge in [0.1, 0.15) is 0 Å². The number of hydrogen-bond donors (Lipinski definition) is 2. The first-order valence-electron chi connectivity index (χ1n) is 7.29. The molecule has 1 heterocycles. The maximum atomic E-state index is 12.3. The number of amides is 1. The minimum Gasteiger partial charge on any atom is -0.481 e. The molecule has 2 atom stereocenters. The predicted molar refractivity (Wildman–Crippen MR) is 73.6 cm³/mol. The van der Waals surface area contributed by atoms with Gasteiger partial charge in [-0.3, -0.25) is 9.59 Å². The zero-order valence-electron chi connectivity index (χ0n) is 11.8. The summed E-state index contributed by atoms with van der Waals surface area (Å²) in [6.07, 6.45) is 4.66. The molecule has 0 aromatic rings. The molecule has 5 nitrogen and oxygen atoms in total. The molecule has 1 aliphatic heterocycles. The Morgan fingerprint density at radius 3 is 2.79 bits per heavy atom. The number of carbonyl (C=O) groups excluding carboxylic acids is 1. The number of rotatable bonds is 7. The SMILES string of the molecule is CCCC(CN)C(=O)N1CCCC(CCC(=O)O)C1. The smallest absolute Gasteiger partial charge is 0.303 e. The van der Waals surface area contributed by atoms with Crippen LogP contribution in [0.25, 0.3) is 0 Å². The van der Waals surface area contributed by atoms with Crippen molar-refractivity contribution in [2.45, 2.75) is 45.4 Å². The number of piperidine rings is 1. The molecule has 0 radical (unpaired) electrons. The van der Waals surface area contributed by atoms with E-state index in [1.54, 1.807) is 0 Å². The van der Waals surface area contributed by atoms with Crippen molar-refractivity contribution in [3.8, 4) is 0 Å². The molecule has 2 unspecified atom stereocenters. The zero-order chi connectivity index (χ0) is 14.3. The minimum atomic E-state index is -0.755. The lowest BCUT2D eigenvalue weighted by molar-refractivity contribution is -0.138. The Morgan fingerprint density at radius 2 is 2.21 bits per heavy atom. The van der Waals surface area contributed by atoms with Crippen LogP contribution in [0.3, 0.4) is 0 Å². The van der Waals surface area contributed by atoms with Gasteiger partial charge in [0.15, 0.2) is 0 Å². The molecule has 0 aromatic carbocycles. The van der Waals surface area contributed by atoms with Crippen LogP contribution in [0, 0.1) is 11.8 Å². The molecular formula is C14H26N2O3. The molecule has 1 aliphatic rings. The van der Waals surface area contributed by atoms with E-state index < -0.39 is 5.97 Å². The van der Waals surface area contributed by atoms with E-state index in [0.29, 0.717) is 25.4 Å². The molecule has 1 fully saturated rings. The van der Waals surface area contributed by atoms with Crippen LogP contribution in [-0.4, -0.2) is 41.5 Å². The predicted octanol–water partition coefficient (Wildman–Crippen LogP) is 1.46. The summed E-state index contributed by atoms with van der Waals surface area (Å²) < 4.78 is 0. The number of carboxylic acid groups (broad SMARTS) is 1. The summed E-state index contributed by atoms with van der Waals surface area (Å²) >= 11 is 0. The second-order valence-corrected chi connectivity index (χ2v) is 5.45. The summed E-state index contributed by atoms with van der Waals surface area (Å²) in [5.74, 6) is -0.337. The van der Waals surface area contributed by atoms with E-state index in [9.17, 15) is 9.59 Å². The molecule has 1 saturated heterocycles. The van der Waals surface area contributed by atoms with Gasteiger partial charge in [-0.1, -0.05) is 13.3 Å². The maximum Gasteiger partial charge on any atom is 0.303 e. The zero-order valence-corrected chi connectivity index (χ0v) is 11.8. The second-order valence-electron chi connectivity index (χ2n) is 5.45. The number of hydrogen-bond acceptors (Lipinski definition) is 3. The molecule has 110 valence electrons. The van der Waals surface area contributed by atoms with Gasteiger partial charge in [0.2, 0.25) is 5.91 Å². The fourth-order valence-electron chi connectivity index (χ4n) is 2.78. The van der Waals surface area contributed by atoms with Gasteiger partial charge >= 0.3 is 5.97 Å². The van der Waals surface area contributed by atoms with E-state index in [4.69, 9.17) is 10.8 Å². The molecule has 0 saturated carbocycles. The summed E-state index contributed by atoms with van der Waals surface area (Å²) in [7, 11) is 0. The number of nitrogens with zero attached hydrogens (tertiary/aromatic N) is 1. The van der Waals surface area contributed by atoms with Gasteiger partial charge in [-0.25, -0.2) is 0 Å². The Morgan fingerprint density at radius 1 is 1.47 bits per heavy atom. The first-order valence-corrected chi connectivity index (χ1v) is 7.29. The fraction of sp³-hybridized carbons (Fsp3) is 0.857. The molecule has 0 aliphatic carbocycles. The van der Waals surface area contributed by atoms with Crippen molar-refractivity contribution < 1.29 is 14.7 Å². The van der Waals surface area contributed by atoms with Crippen LogP contribution in [-0.2, 0) is 9.59 Å². The Bertz CT molecular complexity index is 307. The third-order valence-corrected chi connectivity index (χ3v) is 3.87. The lowest BCUT2D eigenvalue weighted by Crippen LogP contribution is -2.44. The van der Waals surface area contributed by atoms with Gasteiger partial charge in [-0.15, -0.1) is 0 Å². The normalized spacial score (nSPS) is 21.2. The molecular weight excluding hydrogens is 244 g/mol. The van der Waals surface area contributed by atoms with Gasteiger partial charge < -0.3 is 15.7 Å². The number of carboxylic acids is 1. The van der Waals surface area contributed by atoms with Gasteiger partial charge in [-0.2, -0.15) is 0 Å². The van der Waals surface area contributed by atoms with Crippen LogP contribution < -0.4 is 5.73 Å². The number of nitrogens with two attached hydrogens (primary N) is 1. The Hall–Kier alpha value is -1.10. The maximum absolute atomic E-state index is 12.3. The van der Waals surface area contributed by atoms with Gasteiger partial charge in [-0.05, 0) is 31.6 Å². The summed E-state index contributed by atoms with van der Waals surface area (Å²) in [5.41, 5.74) is 5.67. The van der Waals surface area contributed by atoms with Crippen molar-refractivity contribution in [3.63, 3.8) is 0 Å². The average molecular weight is 270 g/mol. The highest BCUT2D eigenvalue weighted by molar-refractivity contribution is 5.79. The van der Waals surface area contributed by atoms with Crippen LogP contribution in [0.1, 0.15) is 45.4 Å². The van der Waals surface area contributed by atoms with Crippen molar-refractivity contribution in [1.29, 1.82) is 0 Å². The van der Waals surface area contributed by atoms with E-state index in [2.05, 4.69) is 6.92 Å². The summed E-state index contributed by atoms with van der Waals surface area (Å²) in [6.45, 7) is 3.96. The fourth-order valence-corrected chi connectivity index (χ4v) is 2.78. The highest BCUT2D eigenvalue weighted by Crippen LogP contribution is 2.23. The lowest BCUT2D eigenvalue weighted by Gasteiger charge is -2.34. The molecule has 19 heavy (non-hydrogen) atoms. The van der Waals surface area contributed by atoms with E-state index in [0.717, 1.165) is 32.2 Å². The minimum absolute atomic E-state index is 0.0665. The molecule has 0 aromatic heterocycles. The third kappa shape index (κ3) is 5.19. The van der Waals surface area contributed by atoms with Crippen LogP contribution in [0.2, 0.25) is 0 Å². The van der Waals surface area contributed by atoms with Crippen molar-refractivity contribution in [3.05, 3.63) is 0 Å². The van der Waals surface area contributed by atoms with E-state index in [1.165, 1.54) is 0 Å². The Labute approximate surface area is 115 Å². The average Bonchev–Trinajstić information content (AvgIpc) is 2.42. The molecule has 1 amide bonds. The van der Waals surface area contributed by atoms with Crippen LogP contribution in [0.15, 0.2) is 0 Å². The molecule has 5 heteroatoms. The number of carbonyl (C=O) groups is 2. The van der Waals surface area contributed by atoms with E-state index in [-0.39, 0.29) is 18.2 Å². The topological polar surface area (TPSA) is 83.6 Å². The second kappa shape index (κ2) is 8.15. The molecule has 3 N–H and O–H groups in total. The van der Waals surface area contributed by atoms with Gasteiger partial charge in [0.05, 0.1) is 5.92 Å². The first-order chi connectivity index (χ1) is 9.08. The lowest BCUT2D eigenvalue weighted by atomic mass is 9.92. The summed E-state index contributed by atoms with van der Waals surface area (Å²) in [5, 5.41) is 8.72. The number of likely N-dealkylation sites (tertiary alicyclic amines) is 1. The van der Waals surface area contributed by atoms with Crippen LogP contribution in [0.4, 0.5) is 0 Å². The van der Waals surface area contributed by atoms with Crippen molar-refractivity contribution >= 4 is 11.9 Å². The van der Waals surface area contributed by atoms with Gasteiger partial charge in [0.25, 0.3) is 0 Å². The van der Waals surface area contributed by atoms with E-state index in [1.807, 2.05) is 4.90 Å². The van der Waals surface area contributed by atoms with Crippen LogP contribution in [0.5, 0.6) is 0 Å². The highest BCUT2D eigenvalue weighted by Gasteiger charge is 2.27. The van der Waals surface area contributed by atoms with Crippen molar-refractivity contribution in [2.75, 3.05) is 19.6 Å². The van der Waals surface area contributed by atoms with E-state index >= 15 is 0 Å². The van der Waals surface area contributed by atoms with Crippen LogP contribution >= 0.6 is 0 Å². The molecule has 1 rings (SSSR count). The van der Waals surface area contributed by atoms with Crippen molar-refractivity contribution in [2.24, 2.45) is 17.6 Å². The molecule has 0 bridgehead atoms. The highest BCUT2D eigenvalue weighted by atomic mass is 16.4. The quantitative estimate of drug-likeness (QED) is 0.733. The number of aliphatic carboxylic acids is 1. The summed E-state index contributed by atoms with van der Waals surface area (Å²) in [6, 6.07) is 0. The standard InChI is InChI=1S/C14H26N2O3/c1-2-4-12(9-15)14(19)16-8-3-5-11(10-16)6-7-13(17)18/h11-12H,2-10,15H2,1H3,(H,17,18). The Kier molecular flexibility index (Phi) is 6.84.